The molecular weight excluding hydrogens is 415 g/mol. The van der Waals surface area contributed by atoms with Crippen molar-refractivity contribution >= 4 is 50.6 Å². The molecule has 0 amide bonds. The number of hydrogen-bond donors (Lipinski definition) is 4. The van der Waals surface area contributed by atoms with Crippen LogP contribution in [-0.2, 0) is 0 Å². The highest BCUT2D eigenvalue weighted by Gasteiger charge is 2.16. The second kappa shape index (κ2) is 7.25. The van der Waals surface area contributed by atoms with E-state index in [1.807, 2.05) is 25.1 Å². The average molecular weight is 432 g/mol. The van der Waals surface area contributed by atoms with Crippen LogP contribution in [0.3, 0.4) is 0 Å². The molecule has 0 radical (unpaired) electrons. The number of aliphatic imine (C=N–C) groups is 1. The van der Waals surface area contributed by atoms with Crippen LogP contribution in [0.1, 0.15) is 18.1 Å². The predicted molar refractivity (Wildman–Crippen MR) is 99.4 cm³/mol. The van der Waals surface area contributed by atoms with Crippen molar-refractivity contribution < 1.29 is 5.11 Å². The number of H-pyrrole nitrogens is 1. The fraction of sp³-hybridized carbons (Fsp3) is 0.286. The summed E-state index contributed by atoms with van der Waals surface area (Å²) in [5, 5.41) is 12.9. The van der Waals surface area contributed by atoms with Crippen LogP contribution in [-0.4, -0.2) is 28.0 Å². The Balaban J connectivity index is 2.37. The lowest BCUT2D eigenvalue weighted by Crippen LogP contribution is -2.24. The number of hydrogen-bond acceptors (Lipinski definition) is 5. The topological polar surface area (TPSA) is 104 Å². The first-order chi connectivity index (χ1) is 10.4. The zero-order valence-corrected chi connectivity index (χ0v) is 15.2. The minimum Gasteiger partial charge on any atom is -0.394 e. The molecule has 5 N–H and O–H groups in total. The highest BCUT2D eigenvalue weighted by atomic mass is 127. The molecule has 0 fully saturated rings. The summed E-state index contributed by atoms with van der Waals surface area (Å²) < 4.78 is 3.80. The molecule has 0 aliphatic heterocycles. The van der Waals surface area contributed by atoms with Gasteiger partial charge in [-0.05, 0) is 71.7 Å². The number of amidine groups is 1. The number of nitrogens with two attached hydrogens (primary N) is 1. The van der Waals surface area contributed by atoms with E-state index in [0.29, 0.717) is 10.6 Å². The molecule has 1 unspecified atom stereocenters. The number of benzene rings is 1. The summed E-state index contributed by atoms with van der Waals surface area (Å²) in [6.07, 6.45) is 0. The van der Waals surface area contributed by atoms with E-state index in [-0.39, 0.29) is 24.0 Å². The lowest BCUT2D eigenvalue weighted by atomic mass is 10.2. The van der Waals surface area contributed by atoms with Crippen LogP contribution in [0, 0.1) is 10.5 Å². The molecule has 22 heavy (non-hydrogen) atoms. The number of aryl methyl sites for hydroxylation is 1. The van der Waals surface area contributed by atoms with Gasteiger partial charge in [0, 0.05) is 9.26 Å². The zero-order valence-electron chi connectivity index (χ0n) is 12.2. The van der Waals surface area contributed by atoms with Crippen LogP contribution in [0.5, 0.6) is 0 Å². The summed E-state index contributed by atoms with van der Waals surface area (Å²) >= 11 is 3.42. The Morgan fingerprint density at radius 2 is 2.32 bits per heavy atom. The van der Waals surface area contributed by atoms with E-state index in [4.69, 9.17) is 10.8 Å². The average Bonchev–Trinajstić information content (AvgIpc) is 2.82. The van der Waals surface area contributed by atoms with Crippen molar-refractivity contribution in [1.82, 2.24) is 4.37 Å². The van der Waals surface area contributed by atoms with Gasteiger partial charge in [-0.3, -0.25) is 14.2 Å². The van der Waals surface area contributed by atoms with Gasteiger partial charge >= 0.3 is 0 Å². The van der Waals surface area contributed by atoms with Gasteiger partial charge in [0.15, 0.2) is 0 Å². The third-order valence-corrected chi connectivity index (χ3v) is 4.49. The molecule has 0 aliphatic carbocycles. The highest BCUT2D eigenvalue weighted by molar-refractivity contribution is 14.1. The second-order valence-electron chi connectivity index (χ2n) is 4.87. The van der Waals surface area contributed by atoms with E-state index < -0.39 is 0 Å². The van der Waals surface area contributed by atoms with Crippen molar-refractivity contribution in [3.8, 4) is 0 Å². The molecule has 2 aromatic rings. The van der Waals surface area contributed by atoms with E-state index in [1.54, 1.807) is 6.92 Å². The molecule has 1 aromatic carbocycles. The molecule has 1 aromatic heterocycles. The first-order valence-corrected chi connectivity index (χ1v) is 8.51. The number of aromatic nitrogens is 1. The van der Waals surface area contributed by atoms with Crippen molar-refractivity contribution in [3.05, 3.63) is 43.2 Å². The highest BCUT2D eigenvalue weighted by Crippen LogP contribution is 2.26. The van der Waals surface area contributed by atoms with E-state index in [1.165, 1.54) is 11.5 Å². The van der Waals surface area contributed by atoms with Gasteiger partial charge in [-0.1, -0.05) is 0 Å². The number of nitrogens with zero attached hydrogens (tertiary/aromatic N) is 1. The van der Waals surface area contributed by atoms with Crippen molar-refractivity contribution in [2.24, 2.45) is 10.7 Å². The van der Waals surface area contributed by atoms with E-state index >= 15 is 0 Å². The normalized spacial score (nSPS) is 13.2. The maximum atomic E-state index is 12.0. The summed E-state index contributed by atoms with van der Waals surface area (Å²) in [5.74, 6) is 0.120. The van der Waals surface area contributed by atoms with Gasteiger partial charge in [0.25, 0.3) is 5.56 Å². The van der Waals surface area contributed by atoms with Gasteiger partial charge in [-0.15, -0.1) is 0 Å². The summed E-state index contributed by atoms with van der Waals surface area (Å²) in [6.45, 7) is 3.59. The molecule has 0 spiro atoms. The number of aliphatic hydroxyl groups excluding tert-OH is 1. The monoisotopic (exact) mass is 432 g/mol. The minimum absolute atomic E-state index is 0.120. The van der Waals surface area contributed by atoms with Crippen molar-refractivity contribution in [2.45, 2.75) is 19.9 Å². The molecule has 1 heterocycles. The first kappa shape index (κ1) is 17.0. The molecule has 2 rings (SSSR count). The number of nitrogens with one attached hydrogen (secondary N) is 2. The maximum Gasteiger partial charge on any atom is 0.271 e. The smallest absolute Gasteiger partial charge is 0.271 e. The number of aliphatic hydroxyl groups is 1. The molecule has 6 nitrogen and oxygen atoms in total. The Hall–Kier alpha value is -1.39. The third-order valence-electron chi connectivity index (χ3n) is 3.02. The lowest BCUT2D eigenvalue weighted by Gasteiger charge is -2.10. The molecular formula is C14H17IN4O2S. The van der Waals surface area contributed by atoms with Crippen LogP contribution in [0.4, 0.5) is 10.7 Å². The number of anilines is 2. The minimum atomic E-state index is -0.354. The Labute approximate surface area is 145 Å². The Bertz CT molecular complexity index is 754. The number of aromatic amines is 1. The molecule has 0 bridgehead atoms. The molecule has 118 valence electrons. The molecule has 0 saturated carbocycles. The largest absolute Gasteiger partial charge is 0.394 e. The summed E-state index contributed by atoms with van der Waals surface area (Å²) in [4.78, 5) is 16.1. The van der Waals surface area contributed by atoms with Gasteiger partial charge in [-0.25, -0.2) is 0 Å². The Morgan fingerprint density at radius 1 is 1.59 bits per heavy atom. The SMILES string of the molecule is Cc1cc(I)ccc1Nc1s[nH]c(=O)c1C(N)=NC(C)CO. The Morgan fingerprint density at radius 3 is 2.95 bits per heavy atom. The quantitative estimate of drug-likeness (QED) is 0.330. The van der Waals surface area contributed by atoms with E-state index in [9.17, 15) is 4.79 Å². The summed E-state index contributed by atoms with van der Waals surface area (Å²) in [5.41, 5.74) is 7.91. The molecule has 0 aliphatic rings. The van der Waals surface area contributed by atoms with E-state index in [2.05, 4.69) is 37.3 Å². The second-order valence-corrected chi connectivity index (χ2v) is 6.93. The fourth-order valence-electron chi connectivity index (χ4n) is 1.86. The van der Waals surface area contributed by atoms with Crippen molar-refractivity contribution in [3.63, 3.8) is 0 Å². The lowest BCUT2D eigenvalue weighted by molar-refractivity contribution is 0.274. The maximum absolute atomic E-state index is 12.0. The fourth-order valence-corrected chi connectivity index (χ4v) is 3.26. The third kappa shape index (κ3) is 3.87. The molecule has 0 saturated heterocycles. The van der Waals surface area contributed by atoms with E-state index in [0.717, 1.165) is 14.8 Å². The van der Waals surface area contributed by atoms with Crippen LogP contribution in [0.25, 0.3) is 0 Å². The van der Waals surface area contributed by atoms with Gasteiger partial charge in [0.05, 0.1) is 12.6 Å². The van der Waals surface area contributed by atoms with Gasteiger partial charge in [0.1, 0.15) is 16.4 Å². The number of rotatable bonds is 5. The van der Waals surface area contributed by atoms with Gasteiger partial charge in [-0.2, -0.15) is 0 Å². The summed E-state index contributed by atoms with van der Waals surface area (Å²) in [7, 11) is 0. The summed E-state index contributed by atoms with van der Waals surface area (Å²) in [6, 6.07) is 5.63. The van der Waals surface area contributed by atoms with Crippen LogP contribution in [0.15, 0.2) is 28.0 Å². The van der Waals surface area contributed by atoms with Gasteiger partial charge < -0.3 is 16.2 Å². The predicted octanol–water partition coefficient (Wildman–Crippen LogP) is 2.18. The first-order valence-electron chi connectivity index (χ1n) is 6.61. The van der Waals surface area contributed by atoms with Crippen LogP contribution >= 0.6 is 34.1 Å². The van der Waals surface area contributed by atoms with Crippen LogP contribution in [0.2, 0.25) is 0 Å². The number of halogens is 1. The van der Waals surface area contributed by atoms with Gasteiger partial charge in [0.2, 0.25) is 0 Å². The zero-order chi connectivity index (χ0) is 16.3. The Kier molecular flexibility index (Phi) is 5.59. The van der Waals surface area contributed by atoms with Crippen molar-refractivity contribution in [2.75, 3.05) is 11.9 Å². The van der Waals surface area contributed by atoms with Crippen LogP contribution < -0.4 is 16.6 Å². The standard InChI is InChI=1S/C14H17IN4O2S/c1-7-5-9(15)3-4-10(7)18-14-11(13(21)19-22-14)12(16)17-8(2)6-20/h3-5,8,18,20H,6H2,1-2H3,(H2,16,17)(H,19,21). The molecule has 8 heteroatoms. The molecule has 1 atom stereocenters. The van der Waals surface area contributed by atoms with Crippen molar-refractivity contribution in [1.29, 1.82) is 0 Å².